The van der Waals surface area contributed by atoms with Crippen LogP contribution in [0.4, 0.5) is 5.13 Å². The molecule has 2 aliphatic heterocycles. The van der Waals surface area contributed by atoms with Crippen LogP contribution >= 0.6 is 34.7 Å². The average molecular weight is 548 g/mol. The number of carbonyl (C=O) groups is 3. The van der Waals surface area contributed by atoms with Crippen molar-refractivity contribution < 1.29 is 28.9 Å². The topological polar surface area (TPSA) is 158 Å². The zero-order chi connectivity index (χ0) is 25.6. The number of fused-ring (bicyclic) bond motifs is 2. The van der Waals surface area contributed by atoms with Crippen LogP contribution in [-0.2, 0) is 25.8 Å². The molecule has 3 aromatic rings. The molecule has 3 aromatic heterocycles. The Morgan fingerprint density at radius 1 is 1.44 bits per heavy atom. The van der Waals surface area contributed by atoms with Crippen LogP contribution in [0.5, 0.6) is 0 Å². The summed E-state index contributed by atoms with van der Waals surface area (Å²) in [5.74, 6) is -2.46. The van der Waals surface area contributed by atoms with Gasteiger partial charge in [-0.05, 0) is 12.1 Å². The lowest BCUT2D eigenvalue weighted by Crippen LogP contribution is -2.71. The van der Waals surface area contributed by atoms with Gasteiger partial charge in [0.2, 0.25) is 6.33 Å². The lowest BCUT2D eigenvalue weighted by Gasteiger charge is -2.50. The van der Waals surface area contributed by atoms with Gasteiger partial charge in [0.1, 0.15) is 41.3 Å². The van der Waals surface area contributed by atoms with Gasteiger partial charge in [0.25, 0.3) is 11.8 Å². The van der Waals surface area contributed by atoms with Gasteiger partial charge in [0.05, 0.1) is 17.9 Å². The Morgan fingerprint density at radius 2 is 2.25 bits per heavy atom. The molecule has 1 saturated heterocycles. The van der Waals surface area contributed by atoms with Crippen molar-refractivity contribution in [1.82, 2.24) is 19.6 Å². The molecule has 186 valence electrons. The number of nitrogen functional groups attached to an aromatic ring is 1. The maximum Gasteiger partial charge on any atom is 0.276 e. The lowest BCUT2D eigenvalue weighted by molar-refractivity contribution is -0.687. The van der Waals surface area contributed by atoms with E-state index in [4.69, 9.17) is 22.2 Å². The summed E-state index contributed by atoms with van der Waals surface area (Å²) in [5.41, 5.74) is 6.71. The summed E-state index contributed by atoms with van der Waals surface area (Å²) in [6, 6.07) is 4.73. The Labute approximate surface area is 217 Å². The fraction of sp³-hybridized carbons (Fsp3) is 0.238. The number of thioether (sulfide) groups is 1. The minimum Gasteiger partial charge on any atom is -0.543 e. The summed E-state index contributed by atoms with van der Waals surface area (Å²) in [5, 5.41) is 17.8. The van der Waals surface area contributed by atoms with E-state index in [-0.39, 0.29) is 33.1 Å². The average Bonchev–Trinajstić information content (AvgIpc) is 3.41. The number of aliphatic carboxylic acids is 1. The molecule has 0 unspecified atom stereocenters. The number of carboxylic acids is 1. The minimum absolute atomic E-state index is 0.0213. The van der Waals surface area contributed by atoms with E-state index in [1.165, 1.54) is 18.9 Å². The third kappa shape index (κ3) is 4.16. The number of nitrogens with two attached hydrogens (primary N) is 1. The zero-order valence-corrected chi connectivity index (χ0v) is 21.0. The number of amides is 2. The van der Waals surface area contributed by atoms with Gasteiger partial charge in [-0.15, -0.1) is 11.8 Å². The standard InChI is InChI=1S/C21H18ClN7O5S2/c1-34-26-13(12-16(22)36-21(23)25-12)17(30)24-14-18(31)29-15(20(32)33)10(8-35-19(14)29)6-27-7-11-4-2-3-5-28(11)9-27/h2-5,7,9,14,19H,6,8H2,1H3,(H3-,23,24,25,30,32,33)/b26-13-/t14-,19-/m1/s1. The van der Waals surface area contributed by atoms with E-state index in [9.17, 15) is 19.5 Å². The number of hydrogen-bond acceptors (Lipinski definition) is 10. The lowest BCUT2D eigenvalue weighted by atomic mass is 10.0. The molecule has 1 fully saturated rings. The highest BCUT2D eigenvalue weighted by Gasteiger charge is 2.53. The second-order valence-electron chi connectivity index (χ2n) is 7.85. The summed E-state index contributed by atoms with van der Waals surface area (Å²) in [4.78, 5) is 47.9. The normalized spacial score (nSPS) is 19.8. The summed E-state index contributed by atoms with van der Waals surface area (Å²) in [6.45, 7) is 0.264. The van der Waals surface area contributed by atoms with Crippen molar-refractivity contribution in [1.29, 1.82) is 0 Å². The van der Waals surface area contributed by atoms with Gasteiger partial charge in [-0.3, -0.25) is 14.5 Å². The molecule has 2 amide bonds. The van der Waals surface area contributed by atoms with Gasteiger partial charge < -0.3 is 25.8 Å². The molecule has 2 atom stereocenters. The van der Waals surface area contributed by atoms with Gasteiger partial charge in [0, 0.05) is 11.3 Å². The molecule has 5 rings (SSSR count). The first-order valence-corrected chi connectivity index (χ1v) is 12.7. The molecule has 0 saturated carbocycles. The van der Waals surface area contributed by atoms with Crippen LogP contribution in [0.15, 0.2) is 53.3 Å². The highest BCUT2D eigenvalue weighted by Crippen LogP contribution is 2.40. The van der Waals surface area contributed by atoms with E-state index < -0.39 is 29.2 Å². The molecule has 0 radical (unpaired) electrons. The number of nitrogens with one attached hydrogen (secondary N) is 1. The van der Waals surface area contributed by atoms with Crippen molar-refractivity contribution >= 4 is 68.8 Å². The monoisotopic (exact) mass is 547 g/mol. The quantitative estimate of drug-likeness (QED) is 0.171. The highest BCUT2D eigenvalue weighted by atomic mass is 35.5. The second kappa shape index (κ2) is 9.44. The van der Waals surface area contributed by atoms with Crippen molar-refractivity contribution in [3.8, 4) is 0 Å². The van der Waals surface area contributed by atoms with Crippen LogP contribution < -0.4 is 20.7 Å². The fourth-order valence-corrected chi connectivity index (χ4v) is 6.37. The third-order valence-electron chi connectivity index (χ3n) is 5.62. The number of oxime groups is 1. The van der Waals surface area contributed by atoms with Gasteiger partial charge in [-0.1, -0.05) is 34.2 Å². The Hall–Kier alpha value is -3.62. The molecule has 3 N–H and O–H groups in total. The number of hydrogen-bond donors (Lipinski definition) is 2. The maximum atomic E-state index is 13.0. The number of carboxylic acid groups (broad SMARTS) is 1. The van der Waals surface area contributed by atoms with E-state index in [1.54, 1.807) is 0 Å². The summed E-state index contributed by atoms with van der Waals surface area (Å²) in [6.07, 6.45) is 5.59. The third-order valence-corrected chi connectivity index (χ3v) is 8.04. The molecular formula is C21H18ClN7O5S2. The Morgan fingerprint density at radius 3 is 2.92 bits per heavy atom. The number of thiazole rings is 1. The number of halogens is 1. The minimum atomic E-state index is -1.45. The summed E-state index contributed by atoms with van der Waals surface area (Å²) >= 11 is 8.40. The molecule has 5 heterocycles. The largest absolute Gasteiger partial charge is 0.543 e. The molecule has 12 nitrogen and oxygen atoms in total. The SMILES string of the molecule is CO/N=C(\C(=O)N[C@@H]1C(=O)N2C(C(=O)[O-])=C(C[n+]3cc4ccccn4c3)CS[C@H]12)c1nc(N)sc1Cl. The van der Waals surface area contributed by atoms with Crippen LogP contribution in [0.25, 0.3) is 5.52 Å². The van der Waals surface area contributed by atoms with E-state index in [2.05, 4.69) is 15.5 Å². The van der Waals surface area contributed by atoms with Crippen LogP contribution in [0, 0.1) is 0 Å². The number of β-lactam (4-membered cyclic amide) rings is 1. The van der Waals surface area contributed by atoms with Crippen molar-refractivity contribution in [3.63, 3.8) is 0 Å². The van der Waals surface area contributed by atoms with Crippen LogP contribution in [0.2, 0.25) is 4.34 Å². The number of carbonyl (C=O) groups excluding carboxylic acids is 3. The molecule has 0 aliphatic carbocycles. The molecule has 0 spiro atoms. The van der Waals surface area contributed by atoms with E-state index in [0.717, 1.165) is 21.8 Å². The summed E-state index contributed by atoms with van der Waals surface area (Å²) in [7, 11) is 1.24. The number of nitrogens with zero attached hydrogens (tertiary/aromatic N) is 5. The van der Waals surface area contributed by atoms with E-state index in [1.807, 2.05) is 45.9 Å². The molecule has 2 aliphatic rings. The van der Waals surface area contributed by atoms with Crippen molar-refractivity contribution in [2.75, 3.05) is 18.6 Å². The Balaban J connectivity index is 1.36. The molecular weight excluding hydrogens is 530 g/mol. The first-order valence-electron chi connectivity index (χ1n) is 10.5. The van der Waals surface area contributed by atoms with E-state index in [0.29, 0.717) is 11.3 Å². The Kier molecular flexibility index (Phi) is 6.32. The molecule has 0 bridgehead atoms. The molecule has 36 heavy (non-hydrogen) atoms. The Bertz CT molecular complexity index is 1430. The molecule has 0 aromatic carbocycles. The predicted molar refractivity (Wildman–Crippen MR) is 130 cm³/mol. The van der Waals surface area contributed by atoms with Gasteiger partial charge in [-0.25, -0.2) is 14.0 Å². The highest BCUT2D eigenvalue weighted by molar-refractivity contribution is 8.00. The first kappa shape index (κ1) is 24.1. The number of imidazole rings is 1. The fourth-order valence-electron chi connectivity index (χ4n) is 4.10. The molecule has 15 heteroatoms. The van der Waals surface area contributed by atoms with E-state index >= 15 is 0 Å². The van der Waals surface area contributed by atoms with Crippen LogP contribution in [-0.4, -0.2) is 62.1 Å². The number of aromatic nitrogens is 3. The maximum absolute atomic E-state index is 13.0. The number of rotatable bonds is 7. The predicted octanol–water partition coefficient (Wildman–Crippen LogP) is -0.626. The van der Waals surface area contributed by atoms with Gasteiger partial charge >= 0.3 is 0 Å². The smallest absolute Gasteiger partial charge is 0.276 e. The first-order chi connectivity index (χ1) is 17.3. The summed E-state index contributed by atoms with van der Waals surface area (Å²) < 4.78 is 3.88. The second-order valence-corrected chi connectivity index (χ2v) is 10.6. The van der Waals surface area contributed by atoms with Crippen LogP contribution in [0.3, 0.4) is 0 Å². The van der Waals surface area contributed by atoms with Crippen molar-refractivity contribution in [3.05, 3.63) is 58.2 Å². The number of pyridine rings is 1. The van der Waals surface area contributed by atoms with Crippen molar-refractivity contribution in [2.45, 2.75) is 18.0 Å². The van der Waals surface area contributed by atoms with Gasteiger partial charge in [-0.2, -0.15) is 0 Å². The zero-order valence-electron chi connectivity index (χ0n) is 18.6. The van der Waals surface area contributed by atoms with Crippen molar-refractivity contribution in [2.24, 2.45) is 5.16 Å². The number of anilines is 1. The van der Waals surface area contributed by atoms with Crippen LogP contribution in [0.1, 0.15) is 5.69 Å². The van der Waals surface area contributed by atoms with Gasteiger partial charge in [0.15, 0.2) is 16.4 Å².